The Morgan fingerprint density at radius 1 is 1.27 bits per heavy atom. The normalized spacial score (nSPS) is 18.8. The molecular weight excluding hydrogens is 312 g/mol. The summed E-state index contributed by atoms with van der Waals surface area (Å²) in [5.41, 5.74) is 0. The SMILES string of the molecule is O=C(NCC1CCCNC1)c1cc2sc3ccccc3c2s1. The second-order valence-corrected chi connectivity index (χ2v) is 7.96. The van der Waals surface area contributed by atoms with Crippen LogP contribution in [-0.2, 0) is 0 Å². The molecule has 0 radical (unpaired) electrons. The molecule has 1 amide bonds. The number of fused-ring (bicyclic) bond motifs is 3. The second-order valence-electron chi connectivity index (χ2n) is 5.82. The molecule has 2 N–H and O–H groups in total. The smallest absolute Gasteiger partial charge is 0.261 e. The number of hydrogen-bond acceptors (Lipinski definition) is 4. The Morgan fingerprint density at radius 2 is 2.18 bits per heavy atom. The van der Waals surface area contributed by atoms with Gasteiger partial charge in [-0.15, -0.1) is 22.7 Å². The summed E-state index contributed by atoms with van der Waals surface area (Å²) < 4.78 is 3.75. The van der Waals surface area contributed by atoms with E-state index in [4.69, 9.17) is 0 Å². The Kier molecular flexibility index (Phi) is 3.86. The molecule has 4 rings (SSSR count). The first kappa shape index (κ1) is 14.2. The molecular formula is C17H18N2OS2. The number of piperidine rings is 1. The van der Waals surface area contributed by atoms with Gasteiger partial charge in [-0.25, -0.2) is 0 Å². The van der Waals surface area contributed by atoms with Gasteiger partial charge in [-0.2, -0.15) is 0 Å². The number of hydrogen-bond donors (Lipinski definition) is 2. The van der Waals surface area contributed by atoms with Crippen molar-refractivity contribution in [2.24, 2.45) is 5.92 Å². The van der Waals surface area contributed by atoms with Gasteiger partial charge in [0.2, 0.25) is 0 Å². The molecule has 1 unspecified atom stereocenters. The second kappa shape index (κ2) is 5.99. The molecule has 1 saturated heterocycles. The van der Waals surface area contributed by atoms with Gasteiger partial charge in [0.25, 0.3) is 5.91 Å². The molecule has 2 aromatic heterocycles. The third-order valence-electron chi connectivity index (χ3n) is 4.22. The lowest BCUT2D eigenvalue weighted by Gasteiger charge is -2.22. The lowest BCUT2D eigenvalue weighted by atomic mass is 10.00. The maximum absolute atomic E-state index is 12.4. The molecule has 3 heterocycles. The van der Waals surface area contributed by atoms with Crippen LogP contribution in [0.3, 0.4) is 0 Å². The quantitative estimate of drug-likeness (QED) is 0.766. The number of benzene rings is 1. The van der Waals surface area contributed by atoms with E-state index in [1.54, 1.807) is 22.7 Å². The number of thiophene rings is 2. The van der Waals surface area contributed by atoms with Gasteiger partial charge in [0.15, 0.2) is 0 Å². The monoisotopic (exact) mass is 330 g/mol. The number of amides is 1. The van der Waals surface area contributed by atoms with Crippen molar-refractivity contribution in [2.75, 3.05) is 19.6 Å². The lowest BCUT2D eigenvalue weighted by Crippen LogP contribution is -2.37. The van der Waals surface area contributed by atoms with Crippen LogP contribution < -0.4 is 10.6 Å². The van der Waals surface area contributed by atoms with Crippen LogP contribution in [0.1, 0.15) is 22.5 Å². The van der Waals surface area contributed by atoms with Gasteiger partial charge >= 0.3 is 0 Å². The fourth-order valence-electron chi connectivity index (χ4n) is 3.03. The molecule has 0 saturated carbocycles. The molecule has 0 spiro atoms. The predicted molar refractivity (Wildman–Crippen MR) is 95.1 cm³/mol. The first-order chi connectivity index (χ1) is 10.8. The Labute approximate surface area is 137 Å². The molecule has 3 nitrogen and oxygen atoms in total. The van der Waals surface area contributed by atoms with Crippen LogP contribution in [-0.4, -0.2) is 25.5 Å². The summed E-state index contributed by atoms with van der Waals surface area (Å²) in [6, 6.07) is 10.4. The summed E-state index contributed by atoms with van der Waals surface area (Å²) in [4.78, 5) is 13.2. The van der Waals surface area contributed by atoms with Crippen molar-refractivity contribution in [3.8, 4) is 0 Å². The van der Waals surface area contributed by atoms with Gasteiger partial charge in [0.1, 0.15) is 0 Å². The zero-order valence-corrected chi connectivity index (χ0v) is 13.9. The minimum Gasteiger partial charge on any atom is -0.351 e. The highest BCUT2D eigenvalue weighted by molar-refractivity contribution is 7.33. The largest absolute Gasteiger partial charge is 0.351 e. The third kappa shape index (κ3) is 2.64. The van der Waals surface area contributed by atoms with Gasteiger partial charge in [0, 0.05) is 21.3 Å². The highest BCUT2D eigenvalue weighted by Crippen LogP contribution is 2.39. The first-order valence-corrected chi connectivity index (χ1v) is 9.34. The van der Waals surface area contributed by atoms with Gasteiger partial charge in [-0.1, -0.05) is 18.2 Å². The van der Waals surface area contributed by atoms with Crippen molar-refractivity contribution in [3.05, 3.63) is 35.2 Å². The highest BCUT2D eigenvalue weighted by atomic mass is 32.1. The fraction of sp³-hybridized carbons (Fsp3) is 0.353. The standard InChI is InChI=1S/C17H18N2OS2/c20-17(19-10-11-4-3-7-18-9-11)15-8-14-16(22-15)12-5-1-2-6-13(12)21-14/h1-2,5-6,8,11,18H,3-4,7,9-10H2,(H,19,20). The fourth-order valence-corrected chi connectivity index (χ4v) is 5.48. The molecule has 22 heavy (non-hydrogen) atoms. The number of rotatable bonds is 3. The van der Waals surface area contributed by atoms with Crippen LogP contribution >= 0.6 is 22.7 Å². The van der Waals surface area contributed by atoms with Gasteiger partial charge in [-0.3, -0.25) is 4.79 Å². The molecule has 1 aromatic carbocycles. The van der Waals surface area contributed by atoms with E-state index in [0.29, 0.717) is 5.92 Å². The van der Waals surface area contributed by atoms with Crippen molar-refractivity contribution >= 4 is 48.1 Å². The van der Waals surface area contributed by atoms with Crippen molar-refractivity contribution < 1.29 is 4.79 Å². The van der Waals surface area contributed by atoms with E-state index in [0.717, 1.165) is 24.5 Å². The molecule has 0 aliphatic carbocycles. The average Bonchev–Trinajstić information content (AvgIpc) is 3.11. The van der Waals surface area contributed by atoms with E-state index in [1.165, 1.54) is 32.3 Å². The minimum absolute atomic E-state index is 0.0723. The number of carbonyl (C=O) groups is 1. The van der Waals surface area contributed by atoms with E-state index in [-0.39, 0.29) is 5.91 Å². The molecule has 0 bridgehead atoms. The van der Waals surface area contributed by atoms with Crippen LogP contribution in [0.4, 0.5) is 0 Å². The summed E-state index contributed by atoms with van der Waals surface area (Å²) in [6.45, 7) is 2.90. The Morgan fingerprint density at radius 3 is 3.05 bits per heavy atom. The summed E-state index contributed by atoms with van der Waals surface area (Å²) in [5, 5.41) is 7.76. The zero-order valence-electron chi connectivity index (χ0n) is 12.2. The average molecular weight is 330 g/mol. The van der Waals surface area contributed by atoms with Crippen molar-refractivity contribution in [1.82, 2.24) is 10.6 Å². The third-order valence-corrected chi connectivity index (χ3v) is 6.64. The summed E-state index contributed by atoms with van der Waals surface area (Å²) in [7, 11) is 0. The molecule has 5 heteroatoms. The predicted octanol–water partition coefficient (Wildman–Crippen LogP) is 3.85. The van der Waals surface area contributed by atoms with Gasteiger partial charge in [0.05, 0.1) is 9.58 Å². The van der Waals surface area contributed by atoms with E-state index in [9.17, 15) is 4.79 Å². The molecule has 1 aliphatic heterocycles. The summed E-state index contributed by atoms with van der Waals surface area (Å²) >= 11 is 3.38. The van der Waals surface area contributed by atoms with Crippen LogP contribution in [0.2, 0.25) is 0 Å². The maximum atomic E-state index is 12.4. The zero-order chi connectivity index (χ0) is 14.9. The van der Waals surface area contributed by atoms with Crippen LogP contribution in [0, 0.1) is 5.92 Å². The number of nitrogens with one attached hydrogen (secondary N) is 2. The van der Waals surface area contributed by atoms with E-state index < -0.39 is 0 Å². The topological polar surface area (TPSA) is 41.1 Å². The van der Waals surface area contributed by atoms with Crippen molar-refractivity contribution in [1.29, 1.82) is 0 Å². The Balaban J connectivity index is 1.51. The van der Waals surface area contributed by atoms with Crippen LogP contribution in [0.15, 0.2) is 30.3 Å². The van der Waals surface area contributed by atoms with Gasteiger partial charge in [-0.05, 0) is 44.0 Å². The molecule has 114 valence electrons. The van der Waals surface area contributed by atoms with Crippen LogP contribution in [0.5, 0.6) is 0 Å². The lowest BCUT2D eigenvalue weighted by molar-refractivity contribution is 0.0949. The van der Waals surface area contributed by atoms with E-state index >= 15 is 0 Å². The van der Waals surface area contributed by atoms with Crippen molar-refractivity contribution in [2.45, 2.75) is 12.8 Å². The highest BCUT2D eigenvalue weighted by Gasteiger charge is 2.17. The summed E-state index contributed by atoms with van der Waals surface area (Å²) in [5.74, 6) is 0.641. The maximum Gasteiger partial charge on any atom is 0.261 e. The Bertz CT molecular complexity index is 814. The molecule has 1 aliphatic rings. The van der Waals surface area contributed by atoms with E-state index in [2.05, 4.69) is 34.9 Å². The molecule has 1 fully saturated rings. The minimum atomic E-state index is 0.0723. The molecule has 1 atom stereocenters. The number of carbonyl (C=O) groups excluding carboxylic acids is 1. The van der Waals surface area contributed by atoms with Gasteiger partial charge < -0.3 is 10.6 Å². The first-order valence-electron chi connectivity index (χ1n) is 7.71. The van der Waals surface area contributed by atoms with Crippen molar-refractivity contribution in [3.63, 3.8) is 0 Å². The van der Waals surface area contributed by atoms with Crippen LogP contribution in [0.25, 0.3) is 19.5 Å². The molecule has 3 aromatic rings. The van der Waals surface area contributed by atoms with E-state index in [1.807, 2.05) is 6.07 Å². The summed E-state index contributed by atoms with van der Waals surface area (Å²) in [6.07, 6.45) is 2.42. The Hall–Kier alpha value is -1.43.